The average Bonchev–Trinajstić information content (AvgIpc) is 2.76. The monoisotopic (exact) mass is 501 g/mol. The average molecular weight is 501 g/mol. The van der Waals surface area contributed by atoms with Crippen molar-refractivity contribution in [2.24, 2.45) is 7.05 Å². The van der Waals surface area contributed by atoms with Crippen molar-refractivity contribution in [3.05, 3.63) is 81.8 Å². The number of benzene rings is 2. The van der Waals surface area contributed by atoms with E-state index in [2.05, 4.69) is 10.6 Å². The van der Waals surface area contributed by atoms with E-state index in [0.717, 1.165) is 10.6 Å². The molecule has 1 aromatic heterocycles. The number of pyridine rings is 1. The summed E-state index contributed by atoms with van der Waals surface area (Å²) in [7, 11) is 1.41. The number of carboxylic acids is 1. The van der Waals surface area contributed by atoms with Gasteiger partial charge < -0.3 is 30.2 Å². The van der Waals surface area contributed by atoms with Gasteiger partial charge in [-0.15, -0.1) is 0 Å². The minimum atomic E-state index is -1.49. The van der Waals surface area contributed by atoms with Gasteiger partial charge in [0.2, 0.25) is 0 Å². The van der Waals surface area contributed by atoms with Crippen LogP contribution in [0.15, 0.2) is 53.5 Å². The van der Waals surface area contributed by atoms with Gasteiger partial charge in [-0.25, -0.2) is 13.6 Å². The second kappa shape index (κ2) is 13.2. The Balaban J connectivity index is 0.00000306. The molecule has 0 radical (unpaired) electrons. The number of halogens is 2. The molecule has 35 heavy (non-hydrogen) atoms. The Hall–Kier alpha value is -2.21. The molecule has 2 aromatic carbocycles. The predicted octanol–water partition coefficient (Wildman–Crippen LogP) is -4.28. The summed E-state index contributed by atoms with van der Waals surface area (Å²) in [5.74, 6) is -4.28. The first-order valence-corrected chi connectivity index (χ1v) is 9.77. The molecule has 12 heteroatoms. The van der Waals surface area contributed by atoms with E-state index in [0.29, 0.717) is 0 Å². The molecule has 8 nitrogen and oxygen atoms in total. The van der Waals surface area contributed by atoms with E-state index in [-0.39, 0.29) is 81.4 Å². The molecule has 0 bridgehead atoms. The van der Waals surface area contributed by atoms with E-state index in [4.69, 9.17) is 0 Å². The van der Waals surface area contributed by atoms with Crippen LogP contribution in [-0.4, -0.2) is 16.6 Å². The van der Waals surface area contributed by atoms with E-state index in [9.17, 15) is 33.4 Å². The van der Waals surface area contributed by atoms with Crippen LogP contribution in [0.2, 0.25) is 0 Å². The first-order chi connectivity index (χ1) is 15.6. The van der Waals surface area contributed by atoms with E-state index >= 15 is 0 Å². The van der Waals surface area contributed by atoms with E-state index in [1.165, 1.54) is 56.6 Å². The molecule has 2 N–H and O–H groups in total. The SMILES string of the molecule is Cc1cn(C)c(=O)c(NC(=O)N[C@@H](CC(=O)[O-])c2cccc(-c3cccc(F)c3F)c2)c1[O-].[Na+].[Na+]. The molecule has 0 aliphatic heterocycles. The summed E-state index contributed by atoms with van der Waals surface area (Å²) in [5.41, 5.74) is -0.533. The summed E-state index contributed by atoms with van der Waals surface area (Å²) in [5, 5.41) is 28.1. The minimum Gasteiger partial charge on any atom is -0.871 e. The normalized spacial score (nSPS) is 11.0. The fourth-order valence-corrected chi connectivity index (χ4v) is 3.37. The molecule has 0 saturated heterocycles. The molecule has 0 unspecified atom stereocenters. The Morgan fingerprint density at radius 2 is 1.77 bits per heavy atom. The predicted molar refractivity (Wildman–Crippen MR) is 112 cm³/mol. The number of amides is 2. The maximum atomic E-state index is 14.2. The third-order valence-electron chi connectivity index (χ3n) is 4.97. The standard InChI is InChI=1S/C23H21F2N3O5.2Na/c1-12-11-28(2)22(32)20(21(12)31)27-23(33)26-17(10-18(29)30)14-6-3-5-13(9-14)15-7-4-8-16(24)19(15)25;;/h3-9,11,17,31H,10H2,1-2H3,(H,29,30)(H2,26,27,33);;/q;2*+1/p-2/t17-;;/m0../s1. The molecule has 3 rings (SSSR count). The van der Waals surface area contributed by atoms with E-state index in [1.807, 2.05) is 0 Å². The molecule has 0 aliphatic rings. The molecular formula is C23H19F2N3Na2O5. The van der Waals surface area contributed by atoms with Crippen LogP contribution in [0.25, 0.3) is 11.1 Å². The first-order valence-electron chi connectivity index (χ1n) is 9.77. The largest absolute Gasteiger partial charge is 1.00 e. The van der Waals surface area contributed by atoms with Crippen LogP contribution in [-0.2, 0) is 11.8 Å². The Kier molecular flexibility index (Phi) is 11.6. The number of hydrogen-bond donors (Lipinski definition) is 2. The third kappa shape index (κ3) is 7.39. The Morgan fingerprint density at radius 3 is 2.43 bits per heavy atom. The molecule has 172 valence electrons. The van der Waals surface area contributed by atoms with Crippen molar-refractivity contribution in [2.45, 2.75) is 19.4 Å². The number of nitrogens with one attached hydrogen (secondary N) is 2. The van der Waals surface area contributed by atoms with Gasteiger partial charge in [-0.2, -0.15) is 0 Å². The molecule has 0 spiro atoms. The Bertz CT molecular complexity index is 1300. The van der Waals surface area contributed by atoms with Gasteiger partial charge >= 0.3 is 65.1 Å². The second-order valence-corrected chi connectivity index (χ2v) is 7.39. The van der Waals surface area contributed by atoms with E-state index < -0.39 is 53.1 Å². The van der Waals surface area contributed by atoms with Crippen LogP contribution in [0.3, 0.4) is 0 Å². The van der Waals surface area contributed by atoms with Gasteiger partial charge in [-0.1, -0.05) is 36.1 Å². The Labute approximate surface area is 243 Å². The molecule has 2 amide bonds. The van der Waals surface area contributed by atoms with Gasteiger partial charge in [0.1, 0.15) is 5.69 Å². The van der Waals surface area contributed by atoms with Gasteiger partial charge in [0.05, 0.1) is 6.04 Å². The van der Waals surface area contributed by atoms with Crippen molar-refractivity contribution < 1.29 is 87.7 Å². The fourth-order valence-electron chi connectivity index (χ4n) is 3.37. The topological polar surface area (TPSA) is 126 Å². The summed E-state index contributed by atoms with van der Waals surface area (Å²) in [6.07, 6.45) is 0.669. The van der Waals surface area contributed by atoms with Gasteiger partial charge in [0, 0.05) is 31.2 Å². The molecule has 1 atom stereocenters. The van der Waals surface area contributed by atoms with Crippen LogP contribution in [0, 0.1) is 18.6 Å². The molecule has 3 aromatic rings. The minimum absolute atomic E-state index is 0. The van der Waals surface area contributed by atoms with Crippen LogP contribution in [0.4, 0.5) is 19.3 Å². The molecule has 0 aliphatic carbocycles. The Morgan fingerprint density at radius 1 is 1.11 bits per heavy atom. The maximum absolute atomic E-state index is 14.2. The smallest absolute Gasteiger partial charge is 0.871 e. The molecule has 0 fully saturated rings. The number of urea groups is 1. The molecular weight excluding hydrogens is 482 g/mol. The number of carbonyl (C=O) groups excluding carboxylic acids is 2. The number of carboxylic acid groups (broad SMARTS) is 1. The van der Waals surface area contributed by atoms with Crippen molar-refractivity contribution in [2.75, 3.05) is 5.32 Å². The first kappa shape index (κ1) is 30.8. The molecule has 0 saturated carbocycles. The van der Waals surface area contributed by atoms with Crippen LogP contribution in [0.5, 0.6) is 5.75 Å². The van der Waals surface area contributed by atoms with Crippen LogP contribution < -0.4 is 85.5 Å². The zero-order valence-electron chi connectivity index (χ0n) is 19.6. The summed E-state index contributed by atoms with van der Waals surface area (Å²) in [6, 6.07) is 7.37. The van der Waals surface area contributed by atoms with Crippen LogP contribution in [0.1, 0.15) is 23.6 Å². The van der Waals surface area contributed by atoms with E-state index in [1.54, 1.807) is 0 Å². The van der Waals surface area contributed by atoms with Crippen molar-refractivity contribution in [1.82, 2.24) is 9.88 Å². The number of carbonyl (C=O) groups is 2. The quantitative estimate of drug-likeness (QED) is 0.331. The summed E-state index contributed by atoms with van der Waals surface area (Å²) >= 11 is 0. The zero-order valence-corrected chi connectivity index (χ0v) is 23.6. The van der Waals surface area contributed by atoms with Crippen molar-refractivity contribution in [3.8, 4) is 16.9 Å². The van der Waals surface area contributed by atoms with Crippen molar-refractivity contribution in [3.63, 3.8) is 0 Å². The number of aromatic nitrogens is 1. The number of nitrogens with zero attached hydrogens (tertiary/aromatic N) is 1. The maximum Gasteiger partial charge on any atom is 1.00 e. The van der Waals surface area contributed by atoms with Gasteiger partial charge in [-0.3, -0.25) is 4.79 Å². The molecule has 1 heterocycles. The number of aryl methyl sites for hydroxylation is 2. The number of anilines is 1. The van der Waals surface area contributed by atoms with Crippen molar-refractivity contribution in [1.29, 1.82) is 0 Å². The zero-order chi connectivity index (χ0) is 24.3. The third-order valence-corrected chi connectivity index (χ3v) is 4.97. The number of rotatable bonds is 6. The van der Waals surface area contributed by atoms with Crippen LogP contribution >= 0.6 is 0 Å². The number of hydrogen-bond acceptors (Lipinski definition) is 5. The second-order valence-electron chi connectivity index (χ2n) is 7.39. The van der Waals surface area contributed by atoms with Gasteiger partial charge in [-0.05, 0) is 35.7 Å². The summed E-state index contributed by atoms with van der Waals surface area (Å²) < 4.78 is 28.9. The number of aliphatic carboxylic acids is 1. The summed E-state index contributed by atoms with van der Waals surface area (Å²) in [4.78, 5) is 36.0. The fraction of sp³-hybridized carbons (Fsp3) is 0.174. The van der Waals surface area contributed by atoms with Gasteiger partial charge in [0.25, 0.3) is 5.56 Å². The van der Waals surface area contributed by atoms with Crippen molar-refractivity contribution >= 4 is 17.7 Å². The van der Waals surface area contributed by atoms with Gasteiger partial charge in [0.15, 0.2) is 11.6 Å². The summed E-state index contributed by atoms with van der Waals surface area (Å²) in [6.45, 7) is 1.47.